The number of nitrogens with zero attached hydrogens (tertiary/aromatic N) is 6. The summed E-state index contributed by atoms with van der Waals surface area (Å²) < 4.78 is 17.3. The number of fused-ring (bicyclic) bond motifs is 1. The van der Waals surface area contributed by atoms with Crippen LogP contribution in [0.25, 0.3) is 11.1 Å². The molecule has 0 amide bonds. The molecule has 3 aromatic rings. The zero-order valence-electron chi connectivity index (χ0n) is 20.3. The standard InChI is InChI=1S/C26H23Cl2N7OS/c1-25(2)15-6-9-31-17-12-26(22(20(15)17)34-37(25)36)7-10-35(11-8-26)24-32-18(13-29)19(23(30)33-24)14-4-3-5-16(27)21(14)28/h3-6,9H,7-8,10-12H2,1-2H3,(H2,30,32,33). The van der Waals surface area contributed by atoms with Gasteiger partial charge in [-0.3, -0.25) is 4.98 Å². The molecule has 188 valence electrons. The van der Waals surface area contributed by atoms with E-state index in [1.807, 2.05) is 31.0 Å². The van der Waals surface area contributed by atoms with Crippen molar-refractivity contribution >= 4 is 52.0 Å². The molecule has 1 atom stereocenters. The number of hydrogen-bond donors (Lipinski definition) is 1. The summed E-state index contributed by atoms with van der Waals surface area (Å²) in [7, 11) is 0. The second-order valence-corrected chi connectivity index (χ2v) is 12.7. The Labute approximate surface area is 227 Å². The highest BCUT2D eigenvalue weighted by atomic mass is 35.5. The summed E-state index contributed by atoms with van der Waals surface area (Å²) in [5, 5.41) is 10.5. The molecule has 2 N–H and O–H groups in total. The number of anilines is 2. The monoisotopic (exact) mass is 551 g/mol. The molecule has 0 radical (unpaired) electrons. The number of aromatic nitrogens is 3. The third-order valence-electron chi connectivity index (χ3n) is 7.79. The molecule has 0 saturated carbocycles. The first-order chi connectivity index (χ1) is 17.7. The Morgan fingerprint density at radius 1 is 1.14 bits per heavy atom. The molecular formula is C26H23Cl2N7OS. The summed E-state index contributed by atoms with van der Waals surface area (Å²) in [4.78, 5) is 15.8. The van der Waals surface area contributed by atoms with Crippen molar-refractivity contribution in [2.24, 2.45) is 9.81 Å². The van der Waals surface area contributed by atoms with Crippen molar-refractivity contribution in [2.45, 2.75) is 37.9 Å². The normalized spacial score (nSPS) is 20.9. The van der Waals surface area contributed by atoms with Gasteiger partial charge in [0.2, 0.25) is 5.95 Å². The first-order valence-corrected chi connectivity index (χ1v) is 13.8. The topological polar surface area (TPSA) is 127 Å². The summed E-state index contributed by atoms with van der Waals surface area (Å²) in [5.74, 6) is 0.567. The quantitative estimate of drug-likeness (QED) is 0.451. The molecule has 3 aliphatic rings. The summed E-state index contributed by atoms with van der Waals surface area (Å²) in [5.41, 5.74) is 11.2. The van der Waals surface area contributed by atoms with Crippen molar-refractivity contribution in [2.75, 3.05) is 23.7 Å². The molecule has 1 fully saturated rings. The maximum absolute atomic E-state index is 13.1. The highest BCUT2D eigenvalue weighted by molar-refractivity contribution is 7.91. The average molecular weight is 552 g/mol. The van der Waals surface area contributed by atoms with Crippen LogP contribution in [-0.4, -0.2) is 38.3 Å². The molecule has 11 heteroatoms. The molecule has 2 aromatic heterocycles. The summed E-state index contributed by atoms with van der Waals surface area (Å²) in [6, 6.07) is 9.27. The number of nitrogens with two attached hydrogens (primary N) is 1. The Balaban J connectivity index is 1.31. The van der Waals surface area contributed by atoms with Crippen LogP contribution < -0.4 is 10.6 Å². The lowest BCUT2D eigenvalue weighted by Gasteiger charge is -2.40. The Morgan fingerprint density at radius 3 is 2.62 bits per heavy atom. The van der Waals surface area contributed by atoms with Gasteiger partial charge in [0.1, 0.15) is 29.0 Å². The van der Waals surface area contributed by atoms with Gasteiger partial charge in [0, 0.05) is 47.8 Å². The van der Waals surface area contributed by atoms with Crippen LogP contribution in [0.1, 0.15) is 49.2 Å². The fraction of sp³-hybridized carbons (Fsp3) is 0.346. The van der Waals surface area contributed by atoms with Crippen LogP contribution >= 0.6 is 23.2 Å². The third-order valence-corrected chi connectivity index (χ3v) is 10.0. The van der Waals surface area contributed by atoms with Gasteiger partial charge in [-0.15, -0.1) is 0 Å². The van der Waals surface area contributed by atoms with Gasteiger partial charge in [-0.1, -0.05) is 39.7 Å². The molecular weight excluding hydrogens is 529 g/mol. The summed E-state index contributed by atoms with van der Waals surface area (Å²) in [6.07, 6.45) is 4.13. The minimum atomic E-state index is -1.36. The number of piperidine rings is 1. The number of hydrogen-bond acceptors (Lipinski definition) is 8. The Kier molecular flexibility index (Phi) is 5.66. The molecule has 1 aliphatic carbocycles. The largest absolute Gasteiger partial charge is 0.591 e. The molecule has 1 unspecified atom stereocenters. The molecule has 8 nitrogen and oxygen atoms in total. The fourth-order valence-electron chi connectivity index (χ4n) is 5.71. The Hall–Kier alpha value is -2.90. The van der Waals surface area contributed by atoms with E-state index >= 15 is 0 Å². The van der Waals surface area contributed by atoms with Gasteiger partial charge >= 0.3 is 0 Å². The van der Waals surface area contributed by atoms with Gasteiger partial charge < -0.3 is 15.2 Å². The van der Waals surface area contributed by atoms with Crippen LogP contribution in [0.2, 0.25) is 10.0 Å². The zero-order valence-corrected chi connectivity index (χ0v) is 22.6. The van der Waals surface area contributed by atoms with Crippen LogP contribution in [0.5, 0.6) is 0 Å². The second kappa shape index (κ2) is 8.57. The maximum Gasteiger partial charge on any atom is 0.228 e. The van der Waals surface area contributed by atoms with Crippen molar-refractivity contribution in [1.82, 2.24) is 15.0 Å². The number of halogens is 2. The first kappa shape index (κ1) is 24.4. The highest BCUT2D eigenvalue weighted by Crippen LogP contribution is 2.51. The number of rotatable bonds is 2. The third kappa shape index (κ3) is 3.62. The molecule has 1 spiro atoms. The van der Waals surface area contributed by atoms with E-state index in [-0.39, 0.29) is 16.9 Å². The number of pyridine rings is 1. The van der Waals surface area contributed by atoms with E-state index < -0.39 is 16.1 Å². The SMILES string of the molecule is CC1(C)c2ccnc3c2C(=N[S+]1[O-])C1(CCN(c2nc(N)c(-c4cccc(Cl)c4Cl)c(C#N)n2)CC1)C3. The van der Waals surface area contributed by atoms with Crippen molar-refractivity contribution in [3.05, 3.63) is 63.0 Å². The van der Waals surface area contributed by atoms with Crippen LogP contribution in [0.15, 0.2) is 34.9 Å². The van der Waals surface area contributed by atoms with Crippen molar-refractivity contribution in [3.63, 3.8) is 0 Å². The molecule has 4 heterocycles. The lowest BCUT2D eigenvalue weighted by molar-refractivity contribution is 0.327. The minimum absolute atomic E-state index is 0.142. The highest BCUT2D eigenvalue weighted by Gasteiger charge is 2.54. The number of benzene rings is 1. The van der Waals surface area contributed by atoms with E-state index in [4.69, 9.17) is 33.3 Å². The van der Waals surface area contributed by atoms with Gasteiger partial charge in [-0.25, -0.2) is 4.98 Å². The van der Waals surface area contributed by atoms with E-state index in [1.54, 1.807) is 18.2 Å². The zero-order chi connectivity index (χ0) is 26.1. The summed E-state index contributed by atoms with van der Waals surface area (Å²) >= 11 is 11.2. The Morgan fingerprint density at radius 2 is 1.89 bits per heavy atom. The molecule has 1 aromatic carbocycles. The number of nitrogen functional groups attached to an aromatic ring is 1. The van der Waals surface area contributed by atoms with Crippen LogP contribution in [-0.2, 0) is 22.5 Å². The second-order valence-electron chi connectivity index (χ2n) is 10.2. The van der Waals surface area contributed by atoms with Gasteiger partial charge in [0.15, 0.2) is 10.4 Å². The lowest BCUT2D eigenvalue weighted by Crippen LogP contribution is -2.46. The molecule has 2 aliphatic heterocycles. The molecule has 1 saturated heterocycles. The van der Waals surface area contributed by atoms with Crippen LogP contribution in [0.3, 0.4) is 0 Å². The average Bonchev–Trinajstić information content (AvgIpc) is 3.17. The van der Waals surface area contributed by atoms with Crippen molar-refractivity contribution in [3.8, 4) is 17.2 Å². The summed E-state index contributed by atoms with van der Waals surface area (Å²) in [6.45, 7) is 5.22. The van der Waals surface area contributed by atoms with Crippen molar-refractivity contribution in [1.29, 1.82) is 5.26 Å². The van der Waals surface area contributed by atoms with Crippen molar-refractivity contribution < 1.29 is 4.55 Å². The van der Waals surface area contributed by atoms with E-state index in [0.29, 0.717) is 40.2 Å². The van der Waals surface area contributed by atoms with Crippen LogP contribution in [0.4, 0.5) is 11.8 Å². The van der Waals surface area contributed by atoms with E-state index in [2.05, 4.69) is 21.0 Å². The predicted octanol–water partition coefficient (Wildman–Crippen LogP) is 4.84. The maximum atomic E-state index is 13.1. The lowest BCUT2D eigenvalue weighted by atomic mass is 9.74. The van der Waals surface area contributed by atoms with Gasteiger partial charge in [-0.05, 0) is 38.8 Å². The fourth-order valence-corrected chi connectivity index (χ4v) is 7.14. The van der Waals surface area contributed by atoms with E-state index in [9.17, 15) is 9.81 Å². The molecule has 37 heavy (non-hydrogen) atoms. The first-order valence-electron chi connectivity index (χ1n) is 11.9. The Bertz CT molecular complexity index is 1530. The van der Waals surface area contributed by atoms with Crippen LogP contribution in [0, 0.1) is 16.7 Å². The van der Waals surface area contributed by atoms with E-state index in [0.717, 1.165) is 41.8 Å². The molecule has 0 bridgehead atoms. The van der Waals surface area contributed by atoms with E-state index in [1.165, 1.54) is 0 Å². The number of nitriles is 1. The minimum Gasteiger partial charge on any atom is -0.591 e. The predicted molar refractivity (Wildman–Crippen MR) is 146 cm³/mol. The smallest absolute Gasteiger partial charge is 0.228 e. The van der Waals surface area contributed by atoms with Gasteiger partial charge in [0.25, 0.3) is 0 Å². The van der Waals surface area contributed by atoms with Gasteiger partial charge in [-0.2, -0.15) is 10.2 Å². The van der Waals surface area contributed by atoms with Gasteiger partial charge in [0.05, 0.1) is 21.3 Å². The molecule has 6 rings (SSSR count).